The van der Waals surface area contributed by atoms with E-state index < -0.39 is 0 Å². The first-order valence-corrected chi connectivity index (χ1v) is 9.73. The molecule has 3 aromatic rings. The number of rotatable bonds is 7. The van der Waals surface area contributed by atoms with E-state index in [0.29, 0.717) is 23.6 Å². The van der Waals surface area contributed by atoms with Crippen molar-refractivity contribution in [2.75, 3.05) is 44.2 Å². The quantitative estimate of drug-likeness (QED) is 0.637. The Morgan fingerprint density at radius 3 is 2.50 bits per heavy atom. The van der Waals surface area contributed by atoms with Gasteiger partial charge in [-0.05, 0) is 24.3 Å². The number of benzene rings is 2. The van der Waals surface area contributed by atoms with Crippen LogP contribution in [-0.4, -0.2) is 49.3 Å². The lowest BCUT2D eigenvalue weighted by Crippen LogP contribution is -2.48. The van der Waals surface area contributed by atoms with Gasteiger partial charge in [0.05, 0.1) is 6.54 Å². The molecule has 1 saturated heterocycles. The second kappa shape index (κ2) is 8.99. The average molecular weight is 380 g/mol. The molecule has 0 bridgehead atoms. The van der Waals surface area contributed by atoms with Crippen molar-refractivity contribution in [2.24, 2.45) is 0 Å². The number of anilines is 1. The van der Waals surface area contributed by atoms with Crippen LogP contribution >= 0.6 is 0 Å². The van der Waals surface area contributed by atoms with Crippen LogP contribution in [0, 0.1) is 5.82 Å². The van der Waals surface area contributed by atoms with Crippen LogP contribution in [0.3, 0.4) is 0 Å². The van der Waals surface area contributed by atoms with Crippen molar-refractivity contribution in [1.82, 2.24) is 15.4 Å². The summed E-state index contributed by atoms with van der Waals surface area (Å²) in [5.74, 6) is 0.428. The number of hydrogen-bond donors (Lipinski definition) is 1. The topological polar surface area (TPSA) is 44.5 Å². The summed E-state index contributed by atoms with van der Waals surface area (Å²) in [6.07, 6.45) is 0. The molecular formula is C22H25FN4O. The second-order valence-corrected chi connectivity index (χ2v) is 7.00. The zero-order chi connectivity index (χ0) is 19.2. The molecule has 0 atom stereocenters. The van der Waals surface area contributed by atoms with E-state index in [1.165, 1.54) is 11.8 Å². The Balaban J connectivity index is 1.18. The minimum Gasteiger partial charge on any atom is -0.369 e. The van der Waals surface area contributed by atoms with Gasteiger partial charge >= 0.3 is 0 Å². The summed E-state index contributed by atoms with van der Waals surface area (Å²) >= 11 is 0. The number of piperazine rings is 1. The van der Waals surface area contributed by atoms with Crippen molar-refractivity contribution in [1.29, 1.82) is 0 Å². The molecule has 6 heteroatoms. The molecule has 0 amide bonds. The van der Waals surface area contributed by atoms with E-state index in [4.69, 9.17) is 4.52 Å². The molecule has 2 aromatic carbocycles. The van der Waals surface area contributed by atoms with E-state index in [2.05, 4.69) is 50.6 Å². The van der Waals surface area contributed by atoms with Crippen molar-refractivity contribution in [3.05, 3.63) is 72.2 Å². The number of para-hydroxylation sites is 1. The van der Waals surface area contributed by atoms with Gasteiger partial charge in [-0.15, -0.1) is 0 Å². The number of aromatic nitrogens is 1. The lowest BCUT2D eigenvalue weighted by molar-refractivity contribution is 0.255. The summed E-state index contributed by atoms with van der Waals surface area (Å²) in [7, 11) is 0. The zero-order valence-electron chi connectivity index (χ0n) is 15.9. The maximum atomic E-state index is 13.8. The SMILES string of the molecule is Fc1ccccc1-c1cc(CNCCN2CCN(c3ccccc3)CC2)on1. The number of halogens is 1. The normalized spacial score (nSPS) is 15.1. The van der Waals surface area contributed by atoms with Gasteiger partial charge in [0, 0.05) is 56.6 Å². The van der Waals surface area contributed by atoms with Gasteiger partial charge in [0.25, 0.3) is 0 Å². The van der Waals surface area contributed by atoms with Crippen LogP contribution in [0.2, 0.25) is 0 Å². The first-order chi connectivity index (χ1) is 13.8. The van der Waals surface area contributed by atoms with E-state index in [1.807, 2.05) is 0 Å². The minimum absolute atomic E-state index is 0.287. The van der Waals surface area contributed by atoms with Crippen LogP contribution in [0.15, 0.2) is 65.2 Å². The van der Waals surface area contributed by atoms with Crippen molar-refractivity contribution in [3.63, 3.8) is 0 Å². The smallest absolute Gasteiger partial charge is 0.151 e. The molecule has 1 aliphatic rings. The van der Waals surface area contributed by atoms with Crippen LogP contribution in [0.4, 0.5) is 10.1 Å². The van der Waals surface area contributed by atoms with Gasteiger partial charge in [-0.3, -0.25) is 4.90 Å². The Labute approximate surface area is 164 Å². The molecule has 28 heavy (non-hydrogen) atoms. The van der Waals surface area contributed by atoms with E-state index in [9.17, 15) is 4.39 Å². The Morgan fingerprint density at radius 2 is 1.71 bits per heavy atom. The van der Waals surface area contributed by atoms with Crippen molar-refractivity contribution in [3.8, 4) is 11.3 Å². The number of hydrogen-bond acceptors (Lipinski definition) is 5. The van der Waals surface area contributed by atoms with Crippen LogP contribution < -0.4 is 10.2 Å². The van der Waals surface area contributed by atoms with Crippen LogP contribution in [0.1, 0.15) is 5.76 Å². The molecule has 0 aliphatic carbocycles. The van der Waals surface area contributed by atoms with Gasteiger partial charge in [0.1, 0.15) is 11.5 Å². The Morgan fingerprint density at radius 1 is 0.964 bits per heavy atom. The summed E-state index contributed by atoms with van der Waals surface area (Å²) in [5, 5.41) is 7.37. The van der Waals surface area contributed by atoms with Gasteiger partial charge in [-0.2, -0.15) is 0 Å². The highest BCUT2D eigenvalue weighted by Gasteiger charge is 2.16. The first kappa shape index (κ1) is 18.7. The van der Waals surface area contributed by atoms with Crippen LogP contribution in [0.5, 0.6) is 0 Å². The zero-order valence-corrected chi connectivity index (χ0v) is 15.9. The molecule has 4 rings (SSSR count). The summed E-state index contributed by atoms with van der Waals surface area (Å²) in [6.45, 7) is 6.70. The van der Waals surface area contributed by atoms with E-state index in [-0.39, 0.29) is 5.82 Å². The molecule has 0 spiro atoms. The molecule has 2 heterocycles. The largest absolute Gasteiger partial charge is 0.369 e. The van der Waals surface area contributed by atoms with Gasteiger partial charge in [0.15, 0.2) is 5.76 Å². The average Bonchev–Trinajstić information content (AvgIpc) is 3.21. The van der Waals surface area contributed by atoms with Gasteiger partial charge in [0.2, 0.25) is 0 Å². The second-order valence-electron chi connectivity index (χ2n) is 7.00. The number of nitrogens with zero attached hydrogens (tertiary/aromatic N) is 3. The molecule has 0 saturated carbocycles. The highest BCUT2D eigenvalue weighted by Crippen LogP contribution is 2.22. The van der Waals surface area contributed by atoms with Crippen LogP contribution in [0.25, 0.3) is 11.3 Å². The standard InChI is InChI=1S/C22H25FN4O/c23-21-9-5-4-8-20(21)22-16-19(28-25-22)17-24-10-11-26-12-14-27(15-13-26)18-6-2-1-3-7-18/h1-9,16,24H,10-15,17H2. The van der Waals surface area contributed by atoms with E-state index in [0.717, 1.165) is 39.3 Å². The third kappa shape index (κ3) is 4.58. The van der Waals surface area contributed by atoms with Gasteiger partial charge in [-0.1, -0.05) is 35.5 Å². The first-order valence-electron chi connectivity index (χ1n) is 9.73. The summed E-state index contributed by atoms with van der Waals surface area (Å²) in [4.78, 5) is 4.90. The third-order valence-electron chi connectivity index (χ3n) is 5.11. The molecule has 146 valence electrons. The van der Waals surface area contributed by atoms with Gasteiger partial charge < -0.3 is 14.7 Å². The molecule has 0 radical (unpaired) electrons. The molecule has 0 unspecified atom stereocenters. The Bertz CT molecular complexity index is 875. The molecule has 1 aliphatic heterocycles. The monoisotopic (exact) mass is 380 g/mol. The van der Waals surface area contributed by atoms with Crippen molar-refractivity contribution < 1.29 is 8.91 Å². The van der Waals surface area contributed by atoms with Crippen molar-refractivity contribution >= 4 is 5.69 Å². The minimum atomic E-state index is -0.287. The molecule has 1 N–H and O–H groups in total. The summed E-state index contributed by atoms with van der Waals surface area (Å²) < 4.78 is 19.2. The highest BCUT2D eigenvalue weighted by atomic mass is 19.1. The lowest BCUT2D eigenvalue weighted by atomic mass is 10.1. The molecule has 1 aromatic heterocycles. The summed E-state index contributed by atoms with van der Waals surface area (Å²) in [5.41, 5.74) is 2.30. The molecule has 5 nitrogen and oxygen atoms in total. The van der Waals surface area contributed by atoms with E-state index in [1.54, 1.807) is 24.3 Å². The predicted molar refractivity (Wildman–Crippen MR) is 109 cm³/mol. The fourth-order valence-electron chi connectivity index (χ4n) is 3.51. The third-order valence-corrected chi connectivity index (χ3v) is 5.11. The van der Waals surface area contributed by atoms with Crippen LogP contribution in [-0.2, 0) is 6.54 Å². The highest BCUT2D eigenvalue weighted by molar-refractivity contribution is 5.59. The fourth-order valence-corrected chi connectivity index (χ4v) is 3.51. The van der Waals surface area contributed by atoms with Crippen molar-refractivity contribution in [2.45, 2.75) is 6.54 Å². The predicted octanol–water partition coefficient (Wildman–Crippen LogP) is 3.39. The Hall–Kier alpha value is -2.70. The Kier molecular flexibility index (Phi) is 5.99. The summed E-state index contributed by atoms with van der Waals surface area (Å²) in [6, 6.07) is 19.0. The lowest BCUT2D eigenvalue weighted by Gasteiger charge is -2.36. The van der Waals surface area contributed by atoms with Gasteiger partial charge in [-0.25, -0.2) is 4.39 Å². The molecule has 1 fully saturated rings. The molecular weight excluding hydrogens is 355 g/mol. The maximum Gasteiger partial charge on any atom is 0.151 e. The maximum absolute atomic E-state index is 13.8. The fraction of sp³-hybridized carbons (Fsp3) is 0.318. The van der Waals surface area contributed by atoms with E-state index >= 15 is 0 Å². The number of nitrogens with one attached hydrogen (secondary N) is 1.